The van der Waals surface area contributed by atoms with Crippen molar-refractivity contribution < 1.29 is 0 Å². The summed E-state index contributed by atoms with van der Waals surface area (Å²) in [5, 5.41) is 6.75. The quantitative estimate of drug-likeness (QED) is 0.881. The number of aromatic nitrogens is 3. The monoisotopic (exact) mass is 302 g/mol. The molecule has 1 aliphatic carbocycles. The van der Waals surface area contributed by atoms with Crippen LogP contribution in [0.2, 0.25) is 0 Å². The molecule has 2 heterocycles. The maximum absolute atomic E-state index is 4.83. The molecule has 1 aliphatic rings. The Kier molecular flexibility index (Phi) is 4.60. The summed E-state index contributed by atoms with van der Waals surface area (Å²) < 4.78 is 0. The summed E-state index contributed by atoms with van der Waals surface area (Å²) in [6.45, 7) is 5.17. The van der Waals surface area contributed by atoms with Gasteiger partial charge < -0.3 is 5.32 Å². The second-order valence-corrected chi connectivity index (χ2v) is 6.55. The molecule has 2 aromatic heterocycles. The van der Waals surface area contributed by atoms with Crippen LogP contribution in [-0.4, -0.2) is 21.5 Å². The fraction of sp³-hybridized carbons (Fsp3) is 0.562. The highest BCUT2D eigenvalue weighted by Crippen LogP contribution is 2.27. The van der Waals surface area contributed by atoms with E-state index < -0.39 is 0 Å². The van der Waals surface area contributed by atoms with Crippen LogP contribution in [-0.2, 0) is 12.8 Å². The number of nitrogens with zero attached hydrogens (tertiary/aromatic N) is 3. The van der Waals surface area contributed by atoms with Crippen LogP contribution < -0.4 is 5.32 Å². The van der Waals surface area contributed by atoms with Crippen molar-refractivity contribution in [3.63, 3.8) is 0 Å². The Morgan fingerprint density at radius 1 is 1.33 bits per heavy atom. The molecule has 1 N–H and O–H groups in total. The van der Waals surface area contributed by atoms with Gasteiger partial charge in [-0.25, -0.2) is 15.0 Å². The van der Waals surface area contributed by atoms with Gasteiger partial charge in [-0.05, 0) is 32.7 Å². The van der Waals surface area contributed by atoms with E-state index in [-0.39, 0.29) is 0 Å². The lowest BCUT2D eigenvalue weighted by molar-refractivity contribution is 0.502. The Morgan fingerprint density at radius 2 is 2.24 bits per heavy atom. The Labute approximate surface area is 130 Å². The van der Waals surface area contributed by atoms with Gasteiger partial charge in [0.15, 0.2) is 0 Å². The van der Waals surface area contributed by atoms with E-state index in [1.165, 1.54) is 30.5 Å². The van der Waals surface area contributed by atoms with Crippen LogP contribution in [0.1, 0.15) is 60.0 Å². The minimum absolute atomic E-state index is 0.420. The predicted molar refractivity (Wildman–Crippen MR) is 85.7 cm³/mol. The fourth-order valence-electron chi connectivity index (χ4n) is 2.92. The second kappa shape index (κ2) is 6.62. The zero-order chi connectivity index (χ0) is 14.7. The Morgan fingerprint density at radius 3 is 3.00 bits per heavy atom. The molecule has 0 saturated carbocycles. The van der Waals surface area contributed by atoms with Crippen molar-refractivity contribution in [2.24, 2.45) is 0 Å². The molecule has 0 bridgehead atoms. The predicted octanol–water partition coefficient (Wildman–Crippen LogP) is 3.21. The zero-order valence-corrected chi connectivity index (χ0v) is 13.5. The number of thiazole rings is 1. The van der Waals surface area contributed by atoms with E-state index in [9.17, 15) is 0 Å². The maximum atomic E-state index is 4.83. The van der Waals surface area contributed by atoms with Gasteiger partial charge in [0.2, 0.25) is 0 Å². The van der Waals surface area contributed by atoms with E-state index in [2.05, 4.69) is 27.6 Å². The summed E-state index contributed by atoms with van der Waals surface area (Å²) in [5.41, 5.74) is 3.61. The Hall–Kier alpha value is -1.33. The van der Waals surface area contributed by atoms with Crippen LogP contribution in [0.3, 0.4) is 0 Å². The van der Waals surface area contributed by atoms with Crippen molar-refractivity contribution in [1.82, 2.24) is 20.3 Å². The van der Waals surface area contributed by atoms with E-state index in [1.54, 1.807) is 11.3 Å². The highest BCUT2D eigenvalue weighted by Gasteiger charge is 2.20. The standard InChI is InChI=1S/C16H22N4S/c1-3-17-13-6-4-5-7-14-12(13)9-18-15(20-14)8-16-19-11(2)10-21-16/h9-10,13,17H,3-8H2,1-2H3. The molecule has 0 radical (unpaired) electrons. The molecule has 1 unspecified atom stereocenters. The third kappa shape index (κ3) is 3.47. The Bertz CT molecular complexity index is 608. The molecule has 0 aromatic carbocycles. The molecule has 3 rings (SSSR count). The van der Waals surface area contributed by atoms with Gasteiger partial charge in [-0.15, -0.1) is 11.3 Å². The van der Waals surface area contributed by atoms with E-state index in [0.717, 1.165) is 35.9 Å². The average Bonchev–Trinajstić information content (AvgIpc) is 2.77. The maximum Gasteiger partial charge on any atom is 0.135 e. The lowest BCUT2D eigenvalue weighted by Crippen LogP contribution is -2.22. The number of nitrogens with one attached hydrogen (secondary N) is 1. The average molecular weight is 302 g/mol. The molecule has 21 heavy (non-hydrogen) atoms. The number of hydrogen-bond donors (Lipinski definition) is 1. The summed E-state index contributed by atoms with van der Waals surface area (Å²) in [6.07, 6.45) is 7.53. The van der Waals surface area contributed by atoms with Crippen molar-refractivity contribution in [2.75, 3.05) is 6.54 Å². The van der Waals surface area contributed by atoms with E-state index in [1.807, 2.05) is 13.1 Å². The van der Waals surface area contributed by atoms with Gasteiger partial charge in [0.05, 0.1) is 6.42 Å². The first-order chi connectivity index (χ1) is 10.3. The van der Waals surface area contributed by atoms with Gasteiger partial charge >= 0.3 is 0 Å². The van der Waals surface area contributed by atoms with Gasteiger partial charge in [-0.1, -0.05) is 13.3 Å². The molecule has 112 valence electrons. The van der Waals surface area contributed by atoms with Gasteiger partial charge in [0.25, 0.3) is 0 Å². The van der Waals surface area contributed by atoms with Crippen molar-refractivity contribution in [3.05, 3.63) is 39.4 Å². The van der Waals surface area contributed by atoms with Gasteiger partial charge in [0, 0.05) is 34.6 Å². The summed E-state index contributed by atoms with van der Waals surface area (Å²) >= 11 is 1.69. The highest BCUT2D eigenvalue weighted by molar-refractivity contribution is 7.09. The lowest BCUT2D eigenvalue weighted by atomic mass is 10.0. The number of aryl methyl sites for hydroxylation is 2. The minimum atomic E-state index is 0.420. The molecule has 2 aromatic rings. The molecule has 0 amide bonds. The lowest BCUT2D eigenvalue weighted by Gasteiger charge is -2.17. The van der Waals surface area contributed by atoms with Gasteiger partial charge in [0.1, 0.15) is 10.8 Å². The van der Waals surface area contributed by atoms with Crippen LogP contribution in [0.5, 0.6) is 0 Å². The van der Waals surface area contributed by atoms with E-state index >= 15 is 0 Å². The topological polar surface area (TPSA) is 50.7 Å². The summed E-state index contributed by atoms with van der Waals surface area (Å²) in [7, 11) is 0. The first-order valence-corrected chi connectivity index (χ1v) is 8.63. The van der Waals surface area contributed by atoms with E-state index in [0.29, 0.717) is 6.04 Å². The zero-order valence-electron chi connectivity index (χ0n) is 12.7. The summed E-state index contributed by atoms with van der Waals surface area (Å²) in [6, 6.07) is 0.420. The van der Waals surface area contributed by atoms with Crippen molar-refractivity contribution in [1.29, 1.82) is 0 Å². The van der Waals surface area contributed by atoms with Crippen LogP contribution in [0.25, 0.3) is 0 Å². The molecule has 0 spiro atoms. The first kappa shape index (κ1) is 14.6. The van der Waals surface area contributed by atoms with Crippen LogP contribution >= 0.6 is 11.3 Å². The third-order valence-corrected chi connectivity index (χ3v) is 4.87. The molecule has 0 fully saturated rings. The molecule has 4 nitrogen and oxygen atoms in total. The number of hydrogen-bond acceptors (Lipinski definition) is 5. The Balaban J connectivity index is 1.84. The second-order valence-electron chi connectivity index (χ2n) is 5.60. The SMILES string of the molecule is CCNC1CCCCc2nc(Cc3nc(C)cs3)ncc21. The number of rotatable bonds is 4. The van der Waals surface area contributed by atoms with Crippen molar-refractivity contribution >= 4 is 11.3 Å². The van der Waals surface area contributed by atoms with Crippen molar-refractivity contribution in [3.8, 4) is 0 Å². The first-order valence-electron chi connectivity index (χ1n) is 7.75. The summed E-state index contributed by atoms with van der Waals surface area (Å²) in [5.74, 6) is 0.903. The molecular formula is C16H22N4S. The minimum Gasteiger partial charge on any atom is -0.310 e. The van der Waals surface area contributed by atoms with Crippen LogP contribution in [0.4, 0.5) is 0 Å². The molecule has 5 heteroatoms. The third-order valence-electron chi connectivity index (χ3n) is 3.91. The largest absolute Gasteiger partial charge is 0.310 e. The molecule has 0 aliphatic heterocycles. The fourth-order valence-corrected chi connectivity index (χ4v) is 3.69. The summed E-state index contributed by atoms with van der Waals surface area (Å²) in [4.78, 5) is 13.9. The van der Waals surface area contributed by atoms with Crippen LogP contribution in [0, 0.1) is 6.92 Å². The number of fused-ring (bicyclic) bond motifs is 1. The highest BCUT2D eigenvalue weighted by atomic mass is 32.1. The molecule has 1 atom stereocenters. The van der Waals surface area contributed by atoms with Gasteiger partial charge in [-0.2, -0.15) is 0 Å². The normalized spacial score (nSPS) is 18.3. The van der Waals surface area contributed by atoms with Crippen molar-refractivity contribution in [2.45, 2.75) is 52.0 Å². The molecular weight excluding hydrogens is 280 g/mol. The van der Waals surface area contributed by atoms with Gasteiger partial charge in [-0.3, -0.25) is 0 Å². The van der Waals surface area contributed by atoms with Crippen LogP contribution in [0.15, 0.2) is 11.6 Å². The smallest absolute Gasteiger partial charge is 0.135 e. The molecule has 0 saturated heterocycles. The van der Waals surface area contributed by atoms with E-state index in [4.69, 9.17) is 4.98 Å².